The van der Waals surface area contributed by atoms with Gasteiger partial charge in [0.1, 0.15) is 6.04 Å². The van der Waals surface area contributed by atoms with E-state index in [9.17, 15) is 4.79 Å². The van der Waals surface area contributed by atoms with E-state index in [1.807, 2.05) is 36.4 Å². The third kappa shape index (κ3) is 1.10. The van der Waals surface area contributed by atoms with Crippen molar-refractivity contribution in [1.82, 2.24) is 5.12 Å². The fourth-order valence-corrected chi connectivity index (χ4v) is 2.17. The minimum absolute atomic E-state index is 0.0256. The van der Waals surface area contributed by atoms with Gasteiger partial charge in [0.25, 0.3) is 0 Å². The summed E-state index contributed by atoms with van der Waals surface area (Å²) in [5.41, 5.74) is 2.04. The minimum atomic E-state index is -0.0256. The Labute approximate surface area is 93.4 Å². The molecule has 1 aromatic rings. The lowest BCUT2D eigenvalue weighted by molar-refractivity contribution is -0.119. The molecule has 2 aliphatic rings. The van der Waals surface area contributed by atoms with Crippen molar-refractivity contribution in [2.24, 2.45) is 5.10 Å². The molecule has 2 aliphatic heterocycles. The molecule has 16 heavy (non-hydrogen) atoms. The van der Waals surface area contributed by atoms with Crippen molar-refractivity contribution in [3.8, 4) is 0 Å². The van der Waals surface area contributed by atoms with Crippen molar-refractivity contribution < 1.29 is 4.79 Å². The van der Waals surface area contributed by atoms with E-state index in [1.165, 1.54) is 0 Å². The van der Waals surface area contributed by atoms with Gasteiger partial charge < -0.3 is 0 Å². The number of allylic oxidation sites excluding steroid dienone is 1. The van der Waals surface area contributed by atoms with E-state index in [0.717, 1.165) is 11.3 Å². The van der Waals surface area contributed by atoms with Gasteiger partial charge in [-0.2, -0.15) is 10.2 Å². The summed E-state index contributed by atoms with van der Waals surface area (Å²) in [6.45, 7) is 1.55. The van der Waals surface area contributed by atoms with E-state index in [-0.39, 0.29) is 11.9 Å². The van der Waals surface area contributed by atoms with Crippen LogP contribution in [0.15, 0.2) is 41.5 Å². The van der Waals surface area contributed by atoms with Gasteiger partial charge in [0.2, 0.25) is 5.91 Å². The molecule has 0 aromatic heterocycles. The van der Waals surface area contributed by atoms with Crippen molar-refractivity contribution in [3.63, 3.8) is 0 Å². The van der Waals surface area contributed by atoms with Crippen LogP contribution in [0.1, 0.15) is 18.5 Å². The predicted molar refractivity (Wildman–Crippen MR) is 61.8 cm³/mol. The largest absolute Gasteiger partial charge is 0.273 e. The smallest absolute Gasteiger partial charge is 0.243 e. The maximum absolute atomic E-state index is 11.6. The number of hydrogen-bond donors (Lipinski definition) is 0. The topological polar surface area (TPSA) is 35.9 Å². The van der Waals surface area contributed by atoms with E-state index in [2.05, 4.69) is 5.10 Å². The molecule has 0 bridgehead atoms. The standard InChI is InChI=1S/C12H11N3O/c1-9(16)14-11-6-3-2-5-10(11)12-7-4-8-13-15(12)14/h2-8,12H,1H3. The van der Waals surface area contributed by atoms with E-state index in [0.29, 0.717) is 0 Å². The summed E-state index contributed by atoms with van der Waals surface area (Å²) in [4.78, 5) is 11.6. The molecule has 3 rings (SSSR count). The van der Waals surface area contributed by atoms with E-state index in [1.54, 1.807) is 23.3 Å². The summed E-state index contributed by atoms with van der Waals surface area (Å²) >= 11 is 0. The highest BCUT2D eigenvalue weighted by molar-refractivity contribution is 5.93. The van der Waals surface area contributed by atoms with Gasteiger partial charge >= 0.3 is 0 Å². The lowest BCUT2D eigenvalue weighted by Gasteiger charge is -2.28. The lowest BCUT2D eigenvalue weighted by Crippen LogP contribution is -2.39. The molecule has 1 atom stereocenters. The molecule has 1 amide bonds. The molecule has 4 heteroatoms. The van der Waals surface area contributed by atoms with Crippen molar-refractivity contribution in [3.05, 3.63) is 42.0 Å². The average molecular weight is 213 g/mol. The fraction of sp³-hybridized carbons (Fsp3) is 0.167. The number of hydrazine groups is 1. The van der Waals surface area contributed by atoms with Crippen LogP contribution >= 0.6 is 0 Å². The molecule has 2 heterocycles. The van der Waals surface area contributed by atoms with Crippen LogP contribution in [0.4, 0.5) is 5.69 Å². The number of anilines is 1. The molecular weight excluding hydrogens is 202 g/mol. The van der Waals surface area contributed by atoms with Crippen molar-refractivity contribution >= 4 is 17.8 Å². The molecule has 1 unspecified atom stereocenters. The highest BCUT2D eigenvalue weighted by Crippen LogP contribution is 2.41. The van der Waals surface area contributed by atoms with Gasteiger partial charge in [-0.15, -0.1) is 0 Å². The number of hydrogen-bond acceptors (Lipinski definition) is 3. The van der Waals surface area contributed by atoms with Crippen molar-refractivity contribution in [1.29, 1.82) is 0 Å². The zero-order valence-corrected chi connectivity index (χ0v) is 8.87. The number of amides is 1. The van der Waals surface area contributed by atoms with Gasteiger partial charge in [0.15, 0.2) is 0 Å². The molecule has 1 aromatic carbocycles. The SMILES string of the molecule is CC(=O)N1c2ccccc2C2C=CC=NN21. The Morgan fingerprint density at radius 3 is 3.00 bits per heavy atom. The number of benzene rings is 1. The van der Waals surface area contributed by atoms with Gasteiger partial charge in [0, 0.05) is 18.7 Å². The second-order valence-corrected chi connectivity index (χ2v) is 3.80. The Kier molecular flexibility index (Phi) is 1.83. The highest BCUT2D eigenvalue weighted by atomic mass is 16.2. The van der Waals surface area contributed by atoms with Gasteiger partial charge in [-0.3, -0.25) is 4.79 Å². The van der Waals surface area contributed by atoms with E-state index in [4.69, 9.17) is 0 Å². The second kappa shape index (κ2) is 3.20. The second-order valence-electron chi connectivity index (χ2n) is 3.80. The Morgan fingerprint density at radius 1 is 1.38 bits per heavy atom. The Hall–Kier alpha value is -2.10. The quantitative estimate of drug-likeness (QED) is 0.659. The molecule has 0 aliphatic carbocycles. The Bertz CT molecular complexity index is 507. The summed E-state index contributed by atoms with van der Waals surface area (Å²) < 4.78 is 0. The zero-order valence-electron chi connectivity index (χ0n) is 8.87. The molecule has 0 N–H and O–H groups in total. The molecule has 0 radical (unpaired) electrons. The Balaban J connectivity index is 2.18. The van der Waals surface area contributed by atoms with Crippen LogP contribution in [0.5, 0.6) is 0 Å². The third-order valence-electron chi connectivity index (χ3n) is 2.80. The molecule has 0 saturated heterocycles. The molecule has 0 fully saturated rings. The predicted octanol–water partition coefficient (Wildman–Crippen LogP) is 1.87. The van der Waals surface area contributed by atoms with E-state index >= 15 is 0 Å². The van der Waals surface area contributed by atoms with Gasteiger partial charge in [-0.05, 0) is 12.1 Å². The van der Waals surface area contributed by atoms with Gasteiger partial charge in [-0.25, -0.2) is 5.01 Å². The maximum Gasteiger partial charge on any atom is 0.243 e. The highest BCUT2D eigenvalue weighted by Gasteiger charge is 2.37. The molecule has 4 nitrogen and oxygen atoms in total. The molecule has 0 spiro atoms. The zero-order chi connectivity index (χ0) is 11.1. The normalized spacial score (nSPS) is 20.9. The summed E-state index contributed by atoms with van der Waals surface area (Å²) in [7, 11) is 0. The van der Waals surface area contributed by atoms with Crippen molar-refractivity contribution in [2.75, 3.05) is 5.01 Å². The number of rotatable bonds is 0. The minimum Gasteiger partial charge on any atom is -0.273 e. The van der Waals surface area contributed by atoms with Crippen LogP contribution in [0.3, 0.4) is 0 Å². The number of carbonyl (C=O) groups is 1. The van der Waals surface area contributed by atoms with Crippen molar-refractivity contribution in [2.45, 2.75) is 13.0 Å². The van der Waals surface area contributed by atoms with Gasteiger partial charge in [0.05, 0.1) is 5.69 Å². The Morgan fingerprint density at radius 2 is 2.19 bits per heavy atom. The summed E-state index contributed by atoms with van der Waals surface area (Å²) in [6.07, 6.45) is 5.63. The van der Waals surface area contributed by atoms with Gasteiger partial charge in [-0.1, -0.05) is 24.3 Å². The van der Waals surface area contributed by atoms with E-state index < -0.39 is 0 Å². The summed E-state index contributed by atoms with van der Waals surface area (Å²) in [5.74, 6) is -0.0256. The molecule has 80 valence electrons. The molecular formula is C12H11N3O. The number of nitrogens with zero attached hydrogens (tertiary/aromatic N) is 3. The first kappa shape index (κ1) is 9.15. The van der Waals surface area contributed by atoms with Crippen LogP contribution in [0.25, 0.3) is 0 Å². The van der Waals surface area contributed by atoms with Crippen LogP contribution < -0.4 is 5.01 Å². The number of para-hydroxylation sites is 1. The van der Waals surface area contributed by atoms with Crippen LogP contribution in [-0.4, -0.2) is 17.2 Å². The van der Waals surface area contributed by atoms with Crippen LogP contribution in [-0.2, 0) is 4.79 Å². The number of carbonyl (C=O) groups excluding carboxylic acids is 1. The first-order valence-electron chi connectivity index (χ1n) is 5.18. The molecule has 0 saturated carbocycles. The number of fused-ring (bicyclic) bond motifs is 3. The van der Waals surface area contributed by atoms with Crippen LogP contribution in [0.2, 0.25) is 0 Å². The first-order chi connectivity index (χ1) is 7.79. The lowest BCUT2D eigenvalue weighted by atomic mass is 10.1. The maximum atomic E-state index is 11.6. The third-order valence-corrected chi connectivity index (χ3v) is 2.80. The summed E-state index contributed by atoms with van der Waals surface area (Å²) in [6, 6.07) is 7.93. The fourth-order valence-electron chi connectivity index (χ4n) is 2.17. The monoisotopic (exact) mass is 213 g/mol. The number of hydrazone groups is 1. The first-order valence-corrected chi connectivity index (χ1v) is 5.18. The average Bonchev–Trinajstić information content (AvgIpc) is 2.63. The van der Waals surface area contributed by atoms with Crippen LogP contribution in [0, 0.1) is 0 Å². The summed E-state index contributed by atoms with van der Waals surface area (Å²) in [5, 5.41) is 7.56.